The number of thioether (sulfide) groups is 1. The van der Waals surface area contributed by atoms with Gasteiger partial charge >= 0.3 is 5.97 Å². The topological polar surface area (TPSA) is 140 Å². The number of piperidine rings is 1. The minimum atomic E-state index is -1.00. The number of hydrazine groups is 1. The quantitative estimate of drug-likeness (QED) is 0.220. The van der Waals surface area contributed by atoms with E-state index in [1.807, 2.05) is 6.92 Å². The van der Waals surface area contributed by atoms with E-state index in [1.165, 1.54) is 16.1 Å². The van der Waals surface area contributed by atoms with Crippen molar-refractivity contribution in [2.75, 3.05) is 60.2 Å². The lowest BCUT2D eigenvalue weighted by Gasteiger charge is -2.42. The van der Waals surface area contributed by atoms with E-state index >= 15 is 0 Å². The molecule has 1 aromatic carbocycles. The van der Waals surface area contributed by atoms with Crippen molar-refractivity contribution in [3.8, 4) is 11.3 Å². The van der Waals surface area contributed by atoms with Gasteiger partial charge < -0.3 is 33.7 Å². The second-order valence-electron chi connectivity index (χ2n) is 20.4. The van der Waals surface area contributed by atoms with E-state index in [2.05, 4.69) is 110 Å². The SMILES string of the molecule is CCO[C@@H]1C2SC=C(c3ccc4c(c3)c(c(-c3cc([C@H]5CCN6CCOC[C@@H]6C5)cnc3[C@H](C)OC)n4CC)CC(C)(C)COC(=O)[C@@H]3CCCN(N3)C(=O)[C@H]1NC(=O)C1[C@@H](C)[C@H]1C)N2C. The minimum Gasteiger partial charge on any atom is -0.464 e. The number of rotatable bonds is 9. The fourth-order valence-electron chi connectivity index (χ4n) is 11.4. The van der Waals surface area contributed by atoms with Gasteiger partial charge in [0.2, 0.25) is 5.91 Å². The number of carbonyl (C=O) groups excluding carboxylic acids is 3. The van der Waals surface area contributed by atoms with Crippen molar-refractivity contribution in [2.45, 2.75) is 129 Å². The van der Waals surface area contributed by atoms with Gasteiger partial charge in [-0.3, -0.25) is 29.3 Å². The smallest absolute Gasteiger partial charge is 0.324 e. The second kappa shape index (κ2) is 19.2. The molecule has 2 aromatic heterocycles. The summed E-state index contributed by atoms with van der Waals surface area (Å²) in [5.74, 6) is -0.223. The number of hydrogen-bond donors (Lipinski definition) is 2. The molecule has 1 aliphatic carbocycles. The molecule has 5 aliphatic heterocycles. The lowest BCUT2D eigenvalue weighted by molar-refractivity contribution is -0.157. The highest BCUT2D eigenvalue weighted by Gasteiger charge is 2.51. The van der Waals surface area contributed by atoms with Crippen LogP contribution < -0.4 is 10.7 Å². The summed E-state index contributed by atoms with van der Waals surface area (Å²) in [7, 11) is 3.80. The van der Waals surface area contributed by atoms with Crippen LogP contribution in [0.15, 0.2) is 35.9 Å². The maximum Gasteiger partial charge on any atom is 0.324 e. The van der Waals surface area contributed by atoms with Crippen molar-refractivity contribution in [1.82, 2.24) is 35.1 Å². The number of benzene rings is 1. The molecule has 15 heteroatoms. The zero-order valence-electron chi connectivity index (χ0n) is 40.4. The summed E-state index contributed by atoms with van der Waals surface area (Å²) < 4.78 is 27.2. The normalized spacial score (nSPS) is 30.9. The molecular formula is C51H71N7O7S. The van der Waals surface area contributed by atoms with Crippen LogP contribution in [0.4, 0.5) is 0 Å². The van der Waals surface area contributed by atoms with Crippen molar-refractivity contribution >= 4 is 46.1 Å². The van der Waals surface area contributed by atoms with Crippen LogP contribution in [-0.4, -0.2) is 132 Å². The molecule has 9 rings (SSSR count). The van der Waals surface area contributed by atoms with Crippen molar-refractivity contribution in [3.63, 3.8) is 0 Å². The first-order chi connectivity index (χ1) is 31.7. The van der Waals surface area contributed by atoms with Gasteiger partial charge in [-0.15, -0.1) is 11.8 Å². The molecule has 0 radical (unpaired) electrons. The van der Waals surface area contributed by atoms with Gasteiger partial charge in [0.25, 0.3) is 5.91 Å². The standard InChI is InChI=1S/C51H71N7O7S/c1-10-57-40-15-14-33-22-36(40)38(45(57)37-23-34(25-52-43(37)31(5)62-9)32-16-18-56-19-20-63-26-35(56)21-32)24-51(6,7)28-65-50(61)39-13-12-17-58(54-39)48(60)44(53-47(59)42-29(3)30(42)4)46(64-11-2)49-55(8)41(33)27-66-49/h14-15,22-23,25,27,29-32,35,39,42,44,46,49,54H,10-13,16-21,24,26,28H2,1-9H3,(H,53,59)/t29-,30+,31-,32-,35-,39-,42?,44-,46-,49?/m0/s1. The third-order valence-corrected chi connectivity index (χ3v) is 16.8. The Morgan fingerprint density at radius 1 is 1.11 bits per heavy atom. The molecule has 7 heterocycles. The highest BCUT2D eigenvalue weighted by atomic mass is 32.2. The summed E-state index contributed by atoms with van der Waals surface area (Å²) in [6.45, 7) is 19.9. The maximum absolute atomic E-state index is 14.8. The Morgan fingerprint density at radius 3 is 2.65 bits per heavy atom. The average molecular weight is 926 g/mol. The number of esters is 1. The van der Waals surface area contributed by atoms with Gasteiger partial charge in [0.05, 0.1) is 43.0 Å². The van der Waals surface area contributed by atoms with Crippen LogP contribution in [0.2, 0.25) is 0 Å². The van der Waals surface area contributed by atoms with E-state index in [0.717, 1.165) is 84.8 Å². The van der Waals surface area contributed by atoms with E-state index in [1.54, 1.807) is 18.9 Å². The van der Waals surface area contributed by atoms with Gasteiger partial charge in [0.1, 0.15) is 23.6 Å². The number of ether oxygens (including phenoxy) is 4. The Hall–Kier alpha value is -3.99. The summed E-state index contributed by atoms with van der Waals surface area (Å²) in [5, 5.41) is 7.65. The lowest BCUT2D eigenvalue weighted by Crippen LogP contribution is -2.64. The van der Waals surface area contributed by atoms with E-state index in [4.69, 9.17) is 23.9 Å². The molecule has 6 aliphatic rings. The van der Waals surface area contributed by atoms with Crippen LogP contribution in [0, 0.1) is 23.2 Å². The number of amides is 2. The molecule has 3 aromatic rings. The van der Waals surface area contributed by atoms with Crippen LogP contribution in [-0.2, 0) is 46.3 Å². The van der Waals surface area contributed by atoms with Crippen molar-refractivity contribution in [2.24, 2.45) is 23.2 Å². The van der Waals surface area contributed by atoms with Crippen LogP contribution in [0.5, 0.6) is 0 Å². The molecule has 6 bridgehead atoms. The van der Waals surface area contributed by atoms with Crippen molar-refractivity contribution in [3.05, 3.63) is 58.3 Å². The van der Waals surface area contributed by atoms with E-state index in [0.29, 0.717) is 44.4 Å². The Balaban J connectivity index is 1.17. The number of morpholine rings is 1. The molecular weight excluding hydrogens is 855 g/mol. The predicted octanol–water partition coefficient (Wildman–Crippen LogP) is 6.72. The molecule has 1 saturated carbocycles. The Labute approximate surface area is 394 Å². The van der Waals surface area contributed by atoms with Gasteiger partial charge in [0.15, 0.2) is 0 Å². The number of nitrogens with one attached hydrogen (secondary N) is 2. The third kappa shape index (κ3) is 8.93. The maximum atomic E-state index is 14.8. The lowest BCUT2D eigenvalue weighted by atomic mass is 9.82. The molecule has 4 fully saturated rings. The summed E-state index contributed by atoms with van der Waals surface area (Å²) in [5.41, 5.74) is 11.4. The number of aromatic nitrogens is 2. The third-order valence-electron chi connectivity index (χ3n) is 15.6. The summed E-state index contributed by atoms with van der Waals surface area (Å²) in [6, 6.07) is 7.81. The molecule has 3 saturated heterocycles. The zero-order valence-corrected chi connectivity index (χ0v) is 41.2. The molecule has 2 amide bonds. The largest absolute Gasteiger partial charge is 0.464 e. The molecule has 2 N–H and O–H groups in total. The fourth-order valence-corrected chi connectivity index (χ4v) is 12.7. The van der Waals surface area contributed by atoms with Crippen LogP contribution in [0.3, 0.4) is 0 Å². The number of nitrogens with zero attached hydrogens (tertiary/aromatic N) is 5. The number of aryl methyl sites for hydroxylation is 1. The van der Waals surface area contributed by atoms with E-state index < -0.39 is 29.6 Å². The average Bonchev–Trinajstić information content (AvgIpc) is 3.59. The highest BCUT2D eigenvalue weighted by Crippen LogP contribution is 2.47. The number of pyridine rings is 1. The molecule has 10 atom stereocenters. The number of cyclic esters (lactones) is 1. The number of likely N-dealkylation sites (N-methyl/N-ethyl adjacent to an activating group) is 1. The van der Waals surface area contributed by atoms with Gasteiger partial charge in [0, 0.05) is 80.4 Å². The number of carbonyl (C=O) groups is 3. The molecule has 2 unspecified atom stereocenters. The summed E-state index contributed by atoms with van der Waals surface area (Å²) in [6.07, 6.45) is 4.96. The van der Waals surface area contributed by atoms with E-state index in [-0.39, 0.29) is 47.7 Å². The summed E-state index contributed by atoms with van der Waals surface area (Å²) >= 11 is 1.60. The second-order valence-corrected chi connectivity index (χ2v) is 21.4. The van der Waals surface area contributed by atoms with Crippen LogP contribution in [0.1, 0.15) is 109 Å². The fraction of sp³-hybridized carbons (Fsp3) is 0.647. The van der Waals surface area contributed by atoms with Gasteiger partial charge in [-0.1, -0.05) is 33.8 Å². The minimum absolute atomic E-state index is 0.142. The number of hydrogen-bond acceptors (Lipinski definition) is 12. The molecule has 14 nitrogen and oxygen atoms in total. The van der Waals surface area contributed by atoms with Gasteiger partial charge in [-0.2, -0.15) is 0 Å². The zero-order chi connectivity index (χ0) is 46.6. The monoisotopic (exact) mass is 926 g/mol. The van der Waals surface area contributed by atoms with E-state index in [9.17, 15) is 14.4 Å². The van der Waals surface area contributed by atoms with Crippen molar-refractivity contribution in [1.29, 1.82) is 0 Å². The Kier molecular flexibility index (Phi) is 13.7. The summed E-state index contributed by atoms with van der Waals surface area (Å²) in [4.78, 5) is 52.8. The molecule has 0 spiro atoms. The first-order valence-corrected chi connectivity index (χ1v) is 25.4. The predicted molar refractivity (Wildman–Crippen MR) is 257 cm³/mol. The van der Waals surface area contributed by atoms with Gasteiger partial charge in [-0.05, 0) is 117 Å². The van der Waals surface area contributed by atoms with Crippen LogP contribution >= 0.6 is 11.8 Å². The first kappa shape index (κ1) is 47.1. The van der Waals surface area contributed by atoms with Crippen molar-refractivity contribution < 1.29 is 33.3 Å². The Bertz CT molecular complexity index is 2340. The Morgan fingerprint density at radius 2 is 1.91 bits per heavy atom. The molecule has 358 valence electrons. The van der Waals surface area contributed by atoms with Gasteiger partial charge in [-0.25, -0.2) is 5.43 Å². The number of methoxy groups -OCH3 is 1. The highest BCUT2D eigenvalue weighted by molar-refractivity contribution is 8.03. The number of fused-ring (bicyclic) bond motifs is 7. The molecule has 66 heavy (non-hydrogen) atoms. The van der Waals surface area contributed by atoms with Crippen LogP contribution in [0.25, 0.3) is 27.9 Å². The first-order valence-electron chi connectivity index (χ1n) is 24.5.